The molecule has 0 aliphatic heterocycles. The Hall–Kier alpha value is -3.33. The molecule has 1 saturated carbocycles. The van der Waals surface area contributed by atoms with Crippen molar-refractivity contribution in [3.05, 3.63) is 48.3 Å². The van der Waals surface area contributed by atoms with Gasteiger partial charge in [-0.15, -0.1) is 10.2 Å². The number of benzene rings is 2. The maximum atomic E-state index is 13.0. The third kappa shape index (κ3) is 4.27. The molecule has 2 aromatic heterocycles. The number of hydrogen-bond donors (Lipinski definition) is 2. The lowest BCUT2D eigenvalue weighted by atomic mass is 10.1. The minimum absolute atomic E-state index is 0.0902. The second kappa shape index (κ2) is 9.13. The summed E-state index contributed by atoms with van der Waals surface area (Å²) in [6.07, 6.45) is 2.82. The van der Waals surface area contributed by atoms with Crippen LogP contribution in [0.25, 0.3) is 21.8 Å². The van der Waals surface area contributed by atoms with E-state index in [0.717, 1.165) is 41.8 Å². The number of nitrogens with zero attached hydrogens (tertiary/aromatic N) is 4. The fraction of sp³-hybridized carbons (Fsp3) is 0.360. The van der Waals surface area contributed by atoms with Crippen molar-refractivity contribution in [3.63, 3.8) is 0 Å². The largest absolute Gasteiger partial charge is 0.370 e. The zero-order valence-electron chi connectivity index (χ0n) is 19.3. The molecule has 1 aliphatic rings. The quantitative estimate of drug-likeness (QED) is 0.351. The van der Waals surface area contributed by atoms with Gasteiger partial charge in [-0.25, -0.2) is 0 Å². The van der Waals surface area contributed by atoms with Crippen molar-refractivity contribution in [2.24, 2.45) is 5.73 Å². The molecular weight excluding hydrogens is 448 g/mol. The molecule has 0 bridgehead atoms. The molecule has 2 heterocycles. The van der Waals surface area contributed by atoms with E-state index < -0.39 is 0 Å². The third-order valence-corrected chi connectivity index (χ3v) is 7.31. The number of hydrogen-bond acceptors (Lipinski definition) is 5. The number of rotatable bonds is 9. The predicted octanol–water partition coefficient (Wildman–Crippen LogP) is 4.28. The van der Waals surface area contributed by atoms with Crippen LogP contribution in [0.3, 0.4) is 0 Å². The van der Waals surface area contributed by atoms with Gasteiger partial charge in [-0.3, -0.25) is 9.59 Å². The summed E-state index contributed by atoms with van der Waals surface area (Å²) in [5.74, 6) is 0.313. The number of aromatic nitrogens is 4. The highest BCUT2D eigenvalue weighted by Gasteiger charge is 2.31. The smallest absolute Gasteiger partial charge is 0.237 e. The van der Waals surface area contributed by atoms with Gasteiger partial charge in [-0.1, -0.05) is 30.0 Å². The zero-order chi connectivity index (χ0) is 23.8. The van der Waals surface area contributed by atoms with Gasteiger partial charge >= 0.3 is 0 Å². The van der Waals surface area contributed by atoms with Crippen LogP contribution in [0.1, 0.15) is 45.0 Å². The number of nitrogens with one attached hydrogen (secondary N) is 1. The highest BCUT2D eigenvalue weighted by atomic mass is 32.2. The van der Waals surface area contributed by atoms with Gasteiger partial charge in [-0.05, 0) is 51.0 Å². The standard InChI is InChI=1S/C25H28N6O2S/c1-3-30-20-7-5-4-6-18(20)19-14-16(8-11-21(19)30)27-24(33)15(2)34-25-29-28-23(13-12-22(26)32)31(25)17-9-10-17/h4-8,11,14-15,17H,3,9-10,12-13H2,1-2H3,(H2,26,32)(H,27,33). The van der Waals surface area contributed by atoms with E-state index in [9.17, 15) is 9.59 Å². The maximum absolute atomic E-state index is 13.0. The van der Waals surface area contributed by atoms with Crippen LogP contribution in [0.5, 0.6) is 0 Å². The van der Waals surface area contributed by atoms with Gasteiger partial charge in [0.15, 0.2) is 5.16 Å². The van der Waals surface area contributed by atoms with E-state index in [1.165, 1.54) is 22.7 Å². The average Bonchev–Trinajstić information content (AvgIpc) is 3.51. The molecule has 0 saturated heterocycles. The van der Waals surface area contributed by atoms with Gasteiger partial charge in [-0.2, -0.15) is 0 Å². The minimum atomic E-state index is -0.363. The fourth-order valence-corrected chi connectivity index (χ4v) is 5.36. The zero-order valence-corrected chi connectivity index (χ0v) is 20.1. The lowest BCUT2D eigenvalue weighted by Crippen LogP contribution is -2.23. The highest BCUT2D eigenvalue weighted by molar-refractivity contribution is 8.00. The number of carbonyl (C=O) groups is 2. The molecule has 0 spiro atoms. The molecule has 9 heteroatoms. The molecule has 0 radical (unpaired) electrons. The molecule has 3 N–H and O–H groups in total. The number of aryl methyl sites for hydroxylation is 2. The van der Waals surface area contributed by atoms with E-state index in [1.54, 1.807) is 0 Å². The van der Waals surface area contributed by atoms with E-state index >= 15 is 0 Å². The average molecular weight is 477 g/mol. The highest BCUT2D eigenvalue weighted by Crippen LogP contribution is 2.40. The second-order valence-corrected chi connectivity index (χ2v) is 10.0. The summed E-state index contributed by atoms with van der Waals surface area (Å²) >= 11 is 1.39. The van der Waals surface area contributed by atoms with E-state index in [-0.39, 0.29) is 23.5 Å². The number of anilines is 1. The van der Waals surface area contributed by atoms with Crippen LogP contribution in [0.15, 0.2) is 47.6 Å². The van der Waals surface area contributed by atoms with Gasteiger partial charge in [0.1, 0.15) is 5.82 Å². The Kier molecular flexibility index (Phi) is 6.03. The Morgan fingerprint density at radius 3 is 2.65 bits per heavy atom. The Morgan fingerprint density at radius 1 is 1.15 bits per heavy atom. The number of fused-ring (bicyclic) bond motifs is 3. The summed E-state index contributed by atoms with van der Waals surface area (Å²) in [4.78, 5) is 24.2. The van der Waals surface area contributed by atoms with Crippen LogP contribution >= 0.6 is 11.8 Å². The third-order valence-electron chi connectivity index (χ3n) is 6.25. The Labute approximate surface area is 201 Å². The molecule has 1 fully saturated rings. The van der Waals surface area contributed by atoms with Crippen molar-refractivity contribution in [2.75, 3.05) is 5.32 Å². The van der Waals surface area contributed by atoms with Gasteiger partial charge in [0.05, 0.1) is 5.25 Å². The van der Waals surface area contributed by atoms with Crippen LogP contribution in [-0.4, -0.2) is 36.4 Å². The Bertz CT molecular complexity index is 1390. The topological polar surface area (TPSA) is 108 Å². The molecule has 2 amide bonds. The van der Waals surface area contributed by atoms with Crippen LogP contribution in [-0.2, 0) is 22.6 Å². The first-order valence-corrected chi connectivity index (χ1v) is 12.5. The number of primary amides is 1. The van der Waals surface area contributed by atoms with E-state index in [2.05, 4.69) is 55.8 Å². The van der Waals surface area contributed by atoms with Crippen molar-refractivity contribution >= 4 is 51.1 Å². The summed E-state index contributed by atoms with van der Waals surface area (Å²) in [6.45, 7) is 4.89. The van der Waals surface area contributed by atoms with Gasteiger partial charge < -0.3 is 20.2 Å². The monoisotopic (exact) mass is 476 g/mol. The molecule has 1 aliphatic carbocycles. The summed E-state index contributed by atoms with van der Waals surface area (Å²) in [5.41, 5.74) is 8.43. The number of para-hydroxylation sites is 1. The van der Waals surface area contributed by atoms with Crippen molar-refractivity contribution in [1.82, 2.24) is 19.3 Å². The molecule has 34 heavy (non-hydrogen) atoms. The van der Waals surface area contributed by atoms with Gasteiger partial charge in [0, 0.05) is 52.9 Å². The van der Waals surface area contributed by atoms with Crippen molar-refractivity contribution in [3.8, 4) is 0 Å². The Morgan fingerprint density at radius 2 is 1.91 bits per heavy atom. The fourth-order valence-electron chi connectivity index (χ4n) is 4.42. The predicted molar refractivity (Wildman–Crippen MR) is 135 cm³/mol. The van der Waals surface area contributed by atoms with E-state index in [1.807, 2.05) is 25.1 Å². The van der Waals surface area contributed by atoms with Gasteiger partial charge in [0.25, 0.3) is 0 Å². The van der Waals surface area contributed by atoms with Gasteiger partial charge in [0.2, 0.25) is 11.8 Å². The van der Waals surface area contributed by atoms with Crippen molar-refractivity contribution in [2.45, 2.75) is 62.5 Å². The first-order chi connectivity index (χ1) is 16.5. The molecule has 2 aromatic carbocycles. The molecule has 8 nitrogen and oxygen atoms in total. The lowest BCUT2D eigenvalue weighted by molar-refractivity contribution is -0.118. The molecule has 4 aromatic rings. The summed E-state index contributed by atoms with van der Waals surface area (Å²) in [6, 6.07) is 14.8. The molecule has 1 atom stereocenters. The first-order valence-electron chi connectivity index (χ1n) is 11.7. The second-order valence-electron chi connectivity index (χ2n) is 8.71. The SMILES string of the molecule is CCn1c2ccccc2c2cc(NC(=O)C(C)Sc3nnc(CCC(N)=O)n3C3CC3)ccc21. The summed E-state index contributed by atoms with van der Waals surface area (Å²) in [5, 5.41) is 14.3. The summed E-state index contributed by atoms with van der Waals surface area (Å²) in [7, 11) is 0. The van der Waals surface area contributed by atoms with Crippen LogP contribution < -0.4 is 11.1 Å². The number of thioether (sulfide) groups is 1. The van der Waals surface area contributed by atoms with E-state index in [4.69, 9.17) is 5.73 Å². The van der Waals surface area contributed by atoms with Crippen molar-refractivity contribution in [1.29, 1.82) is 0 Å². The number of carbonyl (C=O) groups excluding carboxylic acids is 2. The molecule has 1 unspecified atom stereocenters. The summed E-state index contributed by atoms with van der Waals surface area (Å²) < 4.78 is 4.36. The minimum Gasteiger partial charge on any atom is -0.370 e. The van der Waals surface area contributed by atoms with Crippen LogP contribution in [0, 0.1) is 0 Å². The molecular formula is C25H28N6O2S. The molecule has 5 rings (SSSR count). The number of amides is 2. The van der Waals surface area contributed by atoms with Crippen LogP contribution in [0.4, 0.5) is 5.69 Å². The van der Waals surface area contributed by atoms with E-state index in [0.29, 0.717) is 17.6 Å². The lowest BCUT2D eigenvalue weighted by Gasteiger charge is -2.13. The first kappa shape index (κ1) is 22.5. The maximum Gasteiger partial charge on any atom is 0.237 e. The molecule has 176 valence electrons. The van der Waals surface area contributed by atoms with Crippen LogP contribution in [0.2, 0.25) is 0 Å². The number of nitrogens with two attached hydrogens (primary N) is 1. The normalized spacial score (nSPS) is 14.5. The Balaban J connectivity index is 1.34. The van der Waals surface area contributed by atoms with Crippen molar-refractivity contribution < 1.29 is 9.59 Å².